The molecule has 1 heterocycles. The molecular formula is C17H19NO5. The van der Waals surface area contributed by atoms with Gasteiger partial charge in [-0.1, -0.05) is 29.8 Å². The van der Waals surface area contributed by atoms with Crippen LogP contribution in [-0.2, 0) is 0 Å². The summed E-state index contributed by atoms with van der Waals surface area (Å²) >= 11 is 0. The molecule has 0 saturated carbocycles. The lowest BCUT2D eigenvalue weighted by atomic mass is 10.1. The molecule has 1 aromatic heterocycles. The summed E-state index contributed by atoms with van der Waals surface area (Å²) < 4.78 is 5.02. The van der Waals surface area contributed by atoms with Crippen LogP contribution in [0.2, 0.25) is 0 Å². The number of likely N-dealkylation sites (N-methyl/N-ethyl adjacent to an activating group) is 1. The first-order chi connectivity index (χ1) is 10.9. The number of amides is 1. The normalized spacial score (nSPS) is 12.0. The predicted octanol–water partition coefficient (Wildman–Crippen LogP) is 2.48. The molecule has 0 spiro atoms. The molecule has 6 nitrogen and oxygen atoms in total. The number of benzene rings is 1. The van der Waals surface area contributed by atoms with Crippen LogP contribution in [-0.4, -0.2) is 40.1 Å². The van der Waals surface area contributed by atoms with Crippen molar-refractivity contribution in [2.75, 3.05) is 13.1 Å². The summed E-state index contributed by atoms with van der Waals surface area (Å²) in [6, 6.07) is 9.97. The van der Waals surface area contributed by atoms with Crippen LogP contribution in [0, 0.1) is 6.92 Å². The van der Waals surface area contributed by atoms with Crippen molar-refractivity contribution in [1.82, 2.24) is 4.90 Å². The second-order valence-corrected chi connectivity index (χ2v) is 5.24. The molecule has 0 aliphatic carbocycles. The van der Waals surface area contributed by atoms with Crippen molar-refractivity contribution >= 4 is 11.9 Å². The second kappa shape index (κ2) is 7.11. The Hall–Kier alpha value is -2.60. The number of hydrogen-bond acceptors (Lipinski definition) is 4. The molecule has 2 aromatic rings. The van der Waals surface area contributed by atoms with Crippen LogP contribution in [0.1, 0.15) is 45.3 Å². The molecule has 0 aliphatic heterocycles. The number of furan rings is 1. The number of nitrogens with zero attached hydrogens (tertiary/aromatic N) is 1. The van der Waals surface area contributed by atoms with Crippen LogP contribution in [0.15, 0.2) is 40.8 Å². The molecular weight excluding hydrogens is 298 g/mol. The van der Waals surface area contributed by atoms with Crippen LogP contribution in [0.4, 0.5) is 0 Å². The minimum Gasteiger partial charge on any atom is -0.475 e. The Labute approximate surface area is 134 Å². The average Bonchev–Trinajstić information content (AvgIpc) is 3.02. The van der Waals surface area contributed by atoms with E-state index in [1.165, 1.54) is 17.0 Å². The molecule has 2 N–H and O–H groups in total. The number of carboxylic acid groups (broad SMARTS) is 1. The molecule has 1 aromatic carbocycles. The van der Waals surface area contributed by atoms with Crippen molar-refractivity contribution in [2.24, 2.45) is 0 Å². The van der Waals surface area contributed by atoms with Gasteiger partial charge in [0.25, 0.3) is 5.91 Å². The fourth-order valence-electron chi connectivity index (χ4n) is 2.18. The van der Waals surface area contributed by atoms with Gasteiger partial charge in [-0.15, -0.1) is 0 Å². The number of carbonyl (C=O) groups is 2. The molecule has 0 fully saturated rings. The highest BCUT2D eigenvalue weighted by molar-refractivity contribution is 5.93. The zero-order chi connectivity index (χ0) is 17.0. The fraction of sp³-hybridized carbons (Fsp3) is 0.294. The molecule has 0 saturated heterocycles. The Kier molecular flexibility index (Phi) is 5.18. The lowest BCUT2D eigenvalue weighted by Gasteiger charge is -2.23. The summed E-state index contributed by atoms with van der Waals surface area (Å²) in [4.78, 5) is 24.6. The summed E-state index contributed by atoms with van der Waals surface area (Å²) in [6.07, 6.45) is -0.826. The Morgan fingerprint density at radius 3 is 2.26 bits per heavy atom. The lowest BCUT2D eigenvalue weighted by molar-refractivity contribution is 0.0591. The molecule has 6 heteroatoms. The molecule has 23 heavy (non-hydrogen) atoms. The second-order valence-electron chi connectivity index (χ2n) is 5.24. The molecule has 2 rings (SSSR count). The third-order valence-corrected chi connectivity index (χ3v) is 3.55. The van der Waals surface area contributed by atoms with Crippen LogP contribution in [0.5, 0.6) is 0 Å². The minimum absolute atomic E-state index is 0.0552. The monoisotopic (exact) mass is 317 g/mol. The highest BCUT2D eigenvalue weighted by atomic mass is 16.4. The number of aliphatic hydroxyl groups is 1. The lowest BCUT2D eigenvalue weighted by Crippen LogP contribution is -2.34. The fourth-order valence-corrected chi connectivity index (χ4v) is 2.18. The largest absolute Gasteiger partial charge is 0.475 e. The van der Waals surface area contributed by atoms with Crippen LogP contribution in [0.25, 0.3) is 0 Å². The van der Waals surface area contributed by atoms with E-state index in [1.807, 2.05) is 31.2 Å². The molecule has 0 bridgehead atoms. The Bertz CT molecular complexity index is 689. The predicted molar refractivity (Wildman–Crippen MR) is 83.4 cm³/mol. The minimum atomic E-state index is -1.23. The van der Waals surface area contributed by atoms with Crippen LogP contribution in [0.3, 0.4) is 0 Å². The molecule has 1 unspecified atom stereocenters. The zero-order valence-corrected chi connectivity index (χ0v) is 13.0. The number of carbonyl (C=O) groups excluding carboxylic acids is 1. The van der Waals surface area contributed by atoms with Gasteiger partial charge in [0, 0.05) is 6.54 Å². The topological polar surface area (TPSA) is 91.0 Å². The Morgan fingerprint density at radius 1 is 1.13 bits per heavy atom. The molecule has 0 radical (unpaired) electrons. The van der Waals surface area contributed by atoms with Gasteiger partial charge in [-0.2, -0.15) is 0 Å². The number of aromatic carboxylic acids is 1. The number of aliphatic hydroxyl groups excluding tert-OH is 1. The van der Waals surface area contributed by atoms with E-state index in [4.69, 9.17) is 9.52 Å². The number of carboxylic acids is 1. The van der Waals surface area contributed by atoms with Crippen molar-refractivity contribution in [2.45, 2.75) is 20.0 Å². The van der Waals surface area contributed by atoms with Gasteiger partial charge in [0.15, 0.2) is 5.76 Å². The molecule has 1 amide bonds. The quantitative estimate of drug-likeness (QED) is 0.854. The Balaban J connectivity index is 2.10. The van der Waals surface area contributed by atoms with Gasteiger partial charge < -0.3 is 19.5 Å². The highest BCUT2D eigenvalue weighted by Gasteiger charge is 2.22. The van der Waals surface area contributed by atoms with E-state index in [9.17, 15) is 14.7 Å². The smallest absolute Gasteiger partial charge is 0.371 e. The van der Waals surface area contributed by atoms with Gasteiger partial charge >= 0.3 is 5.97 Å². The first kappa shape index (κ1) is 16.8. The maximum atomic E-state index is 12.4. The van der Waals surface area contributed by atoms with Gasteiger partial charge in [-0.25, -0.2) is 4.79 Å². The molecule has 1 atom stereocenters. The highest BCUT2D eigenvalue weighted by Crippen LogP contribution is 2.17. The molecule has 122 valence electrons. The van der Waals surface area contributed by atoms with E-state index in [0.29, 0.717) is 12.1 Å². The van der Waals surface area contributed by atoms with E-state index in [2.05, 4.69) is 0 Å². The van der Waals surface area contributed by atoms with Crippen molar-refractivity contribution in [3.8, 4) is 0 Å². The van der Waals surface area contributed by atoms with Gasteiger partial charge in [-0.3, -0.25) is 4.79 Å². The van der Waals surface area contributed by atoms with E-state index in [1.54, 1.807) is 6.92 Å². The third-order valence-electron chi connectivity index (χ3n) is 3.55. The van der Waals surface area contributed by atoms with Crippen molar-refractivity contribution in [1.29, 1.82) is 0 Å². The summed E-state index contributed by atoms with van der Waals surface area (Å²) in [5.41, 5.74) is 1.80. The third kappa shape index (κ3) is 3.98. The SMILES string of the molecule is CCN(CC(O)c1ccc(C)cc1)C(=O)c1ccc(C(=O)O)o1. The number of aryl methyl sites for hydroxylation is 1. The van der Waals surface area contributed by atoms with Crippen molar-refractivity contribution in [3.05, 3.63) is 59.0 Å². The molecule has 0 aliphatic rings. The summed E-state index contributed by atoms with van der Waals surface area (Å²) in [5.74, 6) is -2.03. The van der Waals surface area contributed by atoms with Crippen LogP contribution >= 0.6 is 0 Å². The average molecular weight is 317 g/mol. The van der Waals surface area contributed by atoms with Gasteiger partial charge in [0.1, 0.15) is 0 Å². The van der Waals surface area contributed by atoms with Crippen molar-refractivity contribution in [3.63, 3.8) is 0 Å². The summed E-state index contributed by atoms with van der Waals surface area (Å²) in [5, 5.41) is 19.1. The van der Waals surface area contributed by atoms with Crippen LogP contribution < -0.4 is 0 Å². The maximum absolute atomic E-state index is 12.4. The van der Waals surface area contributed by atoms with E-state index < -0.39 is 18.0 Å². The Morgan fingerprint density at radius 2 is 1.74 bits per heavy atom. The summed E-state index contributed by atoms with van der Waals surface area (Å²) in [6.45, 7) is 4.20. The first-order valence-corrected chi connectivity index (χ1v) is 7.29. The summed E-state index contributed by atoms with van der Waals surface area (Å²) in [7, 11) is 0. The number of hydrogen-bond donors (Lipinski definition) is 2. The number of rotatable bonds is 6. The van der Waals surface area contributed by atoms with E-state index >= 15 is 0 Å². The van der Waals surface area contributed by atoms with Crippen molar-refractivity contribution < 1.29 is 24.2 Å². The maximum Gasteiger partial charge on any atom is 0.371 e. The van der Waals surface area contributed by atoms with E-state index in [-0.39, 0.29) is 18.1 Å². The zero-order valence-electron chi connectivity index (χ0n) is 13.0. The first-order valence-electron chi connectivity index (χ1n) is 7.29. The van der Waals surface area contributed by atoms with Gasteiger partial charge in [-0.05, 0) is 31.5 Å². The van der Waals surface area contributed by atoms with Gasteiger partial charge in [0.05, 0.1) is 12.6 Å². The standard InChI is InChI=1S/C17H19NO5/c1-3-18(10-13(19)12-6-4-11(2)5-7-12)16(20)14-8-9-15(23-14)17(21)22/h4-9,13,19H,3,10H2,1-2H3,(H,21,22). The van der Waals surface area contributed by atoms with E-state index in [0.717, 1.165) is 5.56 Å². The van der Waals surface area contributed by atoms with Gasteiger partial charge in [0.2, 0.25) is 5.76 Å².